The van der Waals surface area contributed by atoms with Crippen molar-refractivity contribution in [2.75, 3.05) is 0 Å². The number of thiophene rings is 1. The van der Waals surface area contributed by atoms with Crippen LogP contribution >= 0.6 is 11.3 Å². The minimum atomic E-state index is -0.294. The summed E-state index contributed by atoms with van der Waals surface area (Å²) in [6.07, 6.45) is 4.75. The molecule has 0 saturated heterocycles. The topological polar surface area (TPSA) is 53.6 Å². The quantitative estimate of drug-likeness (QED) is 0.868. The minimum absolute atomic E-state index is 0.294. The van der Waals surface area contributed by atoms with Gasteiger partial charge >= 0.3 is 0 Å². The Bertz CT molecular complexity index is 509. The van der Waals surface area contributed by atoms with E-state index in [9.17, 15) is 5.26 Å². The molecule has 2 aromatic heterocycles. The molecule has 94 valence electrons. The average molecular weight is 260 g/mol. The second kappa shape index (κ2) is 6.34. The van der Waals surface area contributed by atoms with Crippen molar-refractivity contribution in [1.29, 1.82) is 5.26 Å². The molecule has 1 unspecified atom stereocenters. The molecule has 1 N–H and O–H groups in total. The largest absolute Gasteiger partial charge is 0.293 e. The second-order valence-electron chi connectivity index (χ2n) is 4.06. The maximum Gasteiger partial charge on any atom is 0.124 e. The van der Waals surface area contributed by atoms with E-state index >= 15 is 0 Å². The second-order valence-corrected chi connectivity index (χ2v) is 5.09. The molecule has 1 atom stereocenters. The van der Waals surface area contributed by atoms with Gasteiger partial charge < -0.3 is 0 Å². The summed E-state index contributed by atoms with van der Waals surface area (Å²) in [5.74, 6) is 0. The van der Waals surface area contributed by atoms with E-state index in [1.807, 2.05) is 22.3 Å². The summed E-state index contributed by atoms with van der Waals surface area (Å²) in [5.41, 5.74) is 0.933. The molecule has 0 aliphatic carbocycles. The van der Waals surface area contributed by atoms with Crippen molar-refractivity contribution < 1.29 is 0 Å². The standard InChI is InChI=1S/C13H16N4S/c1-2-5-17-10-11(8-16-17)13(7-14)15-9-12-4-3-6-18-12/h3-4,6,8,10,13,15H,2,5,9H2,1H3. The van der Waals surface area contributed by atoms with Crippen LogP contribution in [0.15, 0.2) is 29.9 Å². The van der Waals surface area contributed by atoms with Crippen LogP contribution < -0.4 is 5.32 Å². The summed E-state index contributed by atoms with van der Waals surface area (Å²) in [5, 5.41) is 18.7. The number of nitriles is 1. The van der Waals surface area contributed by atoms with Crippen LogP contribution in [-0.2, 0) is 13.1 Å². The SMILES string of the molecule is CCCn1cc(C(C#N)NCc2cccs2)cn1. The predicted molar refractivity (Wildman–Crippen MR) is 72.0 cm³/mol. The van der Waals surface area contributed by atoms with Crippen LogP contribution in [0, 0.1) is 11.3 Å². The van der Waals surface area contributed by atoms with Crippen LogP contribution in [0.1, 0.15) is 29.8 Å². The van der Waals surface area contributed by atoms with E-state index in [2.05, 4.69) is 29.5 Å². The third kappa shape index (κ3) is 3.19. The summed E-state index contributed by atoms with van der Waals surface area (Å²) in [6, 6.07) is 6.06. The van der Waals surface area contributed by atoms with Gasteiger partial charge in [-0.3, -0.25) is 10.00 Å². The zero-order chi connectivity index (χ0) is 12.8. The lowest BCUT2D eigenvalue weighted by Crippen LogP contribution is -2.18. The Morgan fingerprint density at radius 3 is 3.17 bits per heavy atom. The first-order valence-electron chi connectivity index (χ1n) is 6.01. The number of aryl methyl sites for hydroxylation is 1. The van der Waals surface area contributed by atoms with Crippen LogP contribution in [0.25, 0.3) is 0 Å². The lowest BCUT2D eigenvalue weighted by atomic mass is 10.2. The van der Waals surface area contributed by atoms with Gasteiger partial charge in [0.25, 0.3) is 0 Å². The Morgan fingerprint density at radius 1 is 1.61 bits per heavy atom. The smallest absolute Gasteiger partial charge is 0.124 e. The van der Waals surface area contributed by atoms with Gasteiger partial charge in [0.15, 0.2) is 0 Å². The van der Waals surface area contributed by atoms with Gasteiger partial charge in [-0.25, -0.2) is 0 Å². The normalized spacial score (nSPS) is 12.2. The maximum atomic E-state index is 9.20. The van der Waals surface area contributed by atoms with Gasteiger partial charge in [0.05, 0.1) is 12.3 Å². The molecule has 0 spiro atoms. The van der Waals surface area contributed by atoms with Gasteiger partial charge in [0.2, 0.25) is 0 Å². The van der Waals surface area contributed by atoms with Crippen LogP contribution in [0.3, 0.4) is 0 Å². The maximum absolute atomic E-state index is 9.20. The molecule has 5 heteroatoms. The Morgan fingerprint density at radius 2 is 2.50 bits per heavy atom. The van der Waals surface area contributed by atoms with E-state index in [0.717, 1.165) is 25.1 Å². The Labute approximate surface area is 111 Å². The number of rotatable bonds is 6. The number of aromatic nitrogens is 2. The molecule has 0 saturated carbocycles. The van der Waals surface area contributed by atoms with Crippen molar-refractivity contribution >= 4 is 11.3 Å². The van der Waals surface area contributed by atoms with Gasteiger partial charge in [-0.1, -0.05) is 13.0 Å². The predicted octanol–water partition coefficient (Wildman–Crippen LogP) is 2.71. The fourth-order valence-corrected chi connectivity index (χ4v) is 2.39. The fourth-order valence-electron chi connectivity index (χ4n) is 1.73. The van der Waals surface area contributed by atoms with Crippen molar-refractivity contribution in [3.8, 4) is 6.07 Å². The summed E-state index contributed by atoms with van der Waals surface area (Å²) in [4.78, 5) is 1.23. The monoisotopic (exact) mass is 260 g/mol. The zero-order valence-electron chi connectivity index (χ0n) is 10.3. The first-order chi connectivity index (χ1) is 8.83. The number of nitrogens with zero attached hydrogens (tertiary/aromatic N) is 3. The molecular formula is C13H16N4S. The first kappa shape index (κ1) is 12.8. The van der Waals surface area contributed by atoms with Gasteiger partial charge in [0, 0.05) is 29.7 Å². The molecular weight excluding hydrogens is 244 g/mol. The number of nitrogens with one attached hydrogen (secondary N) is 1. The van der Waals surface area contributed by atoms with Crippen molar-refractivity contribution in [3.05, 3.63) is 40.3 Å². The Kier molecular flexibility index (Phi) is 4.51. The van der Waals surface area contributed by atoms with Crippen molar-refractivity contribution in [2.24, 2.45) is 0 Å². The highest BCUT2D eigenvalue weighted by Crippen LogP contribution is 2.14. The Hall–Kier alpha value is -1.64. The summed E-state index contributed by atoms with van der Waals surface area (Å²) in [6.45, 7) is 3.72. The van der Waals surface area contributed by atoms with Crippen molar-refractivity contribution in [1.82, 2.24) is 15.1 Å². The molecule has 0 radical (unpaired) electrons. The minimum Gasteiger partial charge on any atom is -0.293 e. The molecule has 0 amide bonds. The van der Waals surface area contributed by atoms with E-state index in [0.29, 0.717) is 0 Å². The fraction of sp³-hybridized carbons (Fsp3) is 0.385. The zero-order valence-corrected chi connectivity index (χ0v) is 11.2. The van der Waals surface area contributed by atoms with Crippen LogP contribution in [0.2, 0.25) is 0 Å². The molecule has 2 rings (SSSR count). The third-order valence-electron chi connectivity index (χ3n) is 2.63. The van der Waals surface area contributed by atoms with Crippen LogP contribution in [0.5, 0.6) is 0 Å². The lowest BCUT2D eigenvalue weighted by Gasteiger charge is -2.08. The molecule has 0 aromatic carbocycles. The van der Waals surface area contributed by atoms with Gasteiger partial charge in [-0.05, 0) is 17.9 Å². The molecule has 0 fully saturated rings. The number of hydrogen-bond acceptors (Lipinski definition) is 4. The van der Waals surface area contributed by atoms with Crippen LogP contribution in [0.4, 0.5) is 0 Å². The van der Waals surface area contributed by atoms with Gasteiger partial charge in [-0.15, -0.1) is 11.3 Å². The first-order valence-corrected chi connectivity index (χ1v) is 6.89. The molecule has 2 heterocycles. The van der Waals surface area contributed by atoms with E-state index in [-0.39, 0.29) is 6.04 Å². The van der Waals surface area contributed by atoms with Gasteiger partial charge in [-0.2, -0.15) is 10.4 Å². The van der Waals surface area contributed by atoms with E-state index < -0.39 is 0 Å². The molecule has 0 bridgehead atoms. The number of hydrogen-bond donors (Lipinski definition) is 1. The molecule has 18 heavy (non-hydrogen) atoms. The summed E-state index contributed by atoms with van der Waals surface area (Å²) in [7, 11) is 0. The summed E-state index contributed by atoms with van der Waals surface area (Å²) >= 11 is 1.69. The van der Waals surface area contributed by atoms with Crippen LogP contribution in [-0.4, -0.2) is 9.78 Å². The van der Waals surface area contributed by atoms with Crippen molar-refractivity contribution in [3.63, 3.8) is 0 Å². The average Bonchev–Trinajstić information content (AvgIpc) is 3.02. The lowest BCUT2D eigenvalue weighted by molar-refractivity contribution is 0.598. The highest BCUT2D eigenvalue weighted by molar-refractivity contribution is 7.09. The molecule has 0 aliphatic rings. The summed E-state index contributed by atoms with van der Waals surface area (Å²) < 4.78 is 1.88. The third-order valence-corrected chi connectivity index (χ3v) is 3.51. The van der Waals surface area contributed by atoms with E-state index in [1.165, 1.54) is 4.88 Å². The highest BCUT2D eigenvalue weighted by atomic mass is 32.1. The van der Waals surface area contributed by atoms with E-state index in [4.69, 9.17) is 0 Å². The molecule has 4 nitrogen and oxygen atoms in total. The Balaban J connectivity index is 1.97. The molecule has 0 aliphatic heterocycles. The van der Waals surface area contributed by atoms with Crippen molar-refractivity contribution in [2.45, 2.75) is 32.5 Å². The van der Waals surface area contributed by atoms with E-state index in [1.54, 1.807) is 17.5 Å². The van der Waals surface area contributed by atoms with Gasteiger partial charge in [0.1, 0.15) is 6.04 Å². The highest BCUT2D eigenvalue weighted by Gasteiger charge is 2.12. The molecule has 2 aromatic rings.